The Morgan fingerprint density at radius 3 is 2.32 bits per heavy atom. The number of piperazine rings is 1. The van der Waals surface area contributed by atoms with Crippen LogP contribution in [-0.2, 0) is 24.4 Å². The van der Waals surface area contributed by atoms with Crippen molar-refractivity contribution in [3.63, 3.8) is 0 Å². The Labute approximate surface area is 297 Å². The predicted octanol–water partition coefficient (Wildman–Crippen LogP) is 8.53. The largest absolute Gasteiger partial charge is 0.493 e. The van der Waals surface area contributed by atoms with Crippen molar-refractivity contribution in [3.8, 4) is 23.1 Å². The standard InChI is InChI=1S/C41H39ClFN3O4/c1-30-6-14-35(15-7-30)48-25-20-31-8-10-33(11-9-31)28-45-21-23-46(24-22-45)41(47)19-13-32-12-17-39(38(43)26-32)50-40-18-16-36(27-44-40)49-29-34-4-2-3-5-37(34)42/h2-19,26-27H,20-25,28-29H2,1H3/b19-13+. The van der Waals surface area contributed by atoms with Crippen LogP contribution in [0.2, 0.25) is 5.02 Å². The molecular weight excluding hydrogens is 653 g/mol. The highest BCUT2D eigenvalue weighted by atomic mass is 35.5. The van der Waals surface area contributed by atoms with Crippen molar-refractivity contribution in [1.82, 2.24) is 14.8 Å². The average Bonchev–Trinajstić information content (AvgIpc) is 3.14. The number of halogens is 2. The molecule has 1 amide bonds. The molecule has 4 aromatic carbocycles. The van der Waals surface area contributed by atoms with Gasteiger partial charge in [0.1, 0.15) is 18.1 Å². The van der Waals surface area contributed by atoms with E-state index < -0.39 is 5.82 Å². The van der Waals surface area contributed by atoms with Crippen molar-refractivity contribution in [2.75, 3.05) is 32.8 Å². The molecule has 0 bridgehead atoms. The van der Waals surface area contributed by atoms with Gasteiger partial charge in [0.05, 0.1) is 12.8 Å². The summed E-state index contributed by atoms with van der Waals surface area (Å²) in [5, 5.41) is 0.627. The Morgan fingerprint density at radius 1 is 0.860 bits per heavy atom. The first kappa shape index (κ1) is 34.7. The molecule has 1 aliphatic heterocycles. The molecular formula is C41H39ClFN3O4. The van der Waals surface area contributed by atoms with Crippen molar-refractivity contribution in [1.29, 1.82) is 0 Å². The van der Waals surface area contributed by atoms with Gasteiger partial charge in [0.15, 0.2) is 11.6 Å². The van der Waals surface area contributed by atoms with E-state index in [-0.39, 0.29) is 17.5 Å². The van der Waals surface area contributed by atoms with Gasteiger partial charge in [0.2, 0.25) is 11.8 Å². The third-order valence-electron chi connectivity index (χ3n) is 8.44. The number of carbonyl (C=O) groups excluding carboxylic acids is 1. The van der Waals surface area contributed by atoms with E-state index in [0.717, 1.165) is 37.4 Å². The lowest BCUT2D eigenvalue weighted by Gasteiger charge is -2.34. The number of amides is 1. The van der Waals surface area contributed by atoms with E-state index in [4.69, 9.17) is 25.8 Å². The lowest BCUT2D eigenvalue weighted by Crippen LogP contribution is -2.47. The number of hydrogen-bond donors (Lipinski definition) is 0. The molecule has 0 atom stereocenters. The highest BCUT2D eigenvalue weighted by molar-refractivity contribution is 6.31. The first-order valence-electron chi connectivity index (χ1n) is 16.6. The van der Waals surface area contributed by atoms with Crippen LogP contribution in [0, 0.1) is 12.7 Å². The third kappa shape index (κ3) is 9.94. The normalized spacial score (nSPS) is 13.4. The van der Waals surface area contributed by atoms with Crippen LogP contribution in [0.25, 0.3) is 6.08 Å². The minimum Gasteiger partial charge on any atom is -0.493 e. The molecule has 0 unspecified atom stereocenters. The fourth-order valence-electron chi connectivity index (χ4n) is 5.50. The van der Waals surface area contributed by atoms with Crippen LogP contribution in [0.15, 0.2) is 115 Å². The van der Waals surface area contributed by atoms with Gasteiger partial charge in [-0.25, -0.2) is 9.37 Å². The molecule has 9 heteroatoms. The monoisotopic (exact) mass is 691 g/mol. The average molecular weight is 692 g/mol. The zero-order valence-corrected chi connectivity index (χ0v) is 28.7. The maximum Gasteiger partial charge on any atom is 0.246 e. The van der Waals surface area contributed by atoms with Gasteiger partial charge in [0, 0.05) is 61.9 Å². The first-order chi connectivity index (χ1) is 24.4. The van der Waals surface area contributed by atoms with Gasteiger partial charge >= 0.3 is 0 Å². The molecule has 0 saturated carbocycles. The first-order valence-corrected chi connectivity index (χ1v) is 17.0. The Bertz CT molecular complexity index is 1890. The van der Waals surface area contributed by atoms with Crippen molar-refractivity contribution < 1.29 is 23.4 Å². The number of aromatic nitrogens is 1. The fraction of sp³-hybridized carbons (Fsp3) is 0.220. The summed E-state index contributed by atoms with van der Waals surface area (Å²) < 4.78 is 32.1. The van der Waals surface area contributed by atoms with E-state index >= 15 is 0 Å². The number of pyridine rings is 1. The lowest BCUT2D eigenvalue weighted by molar-refractivity contribution is -0.127. The van der Waals surface area contributed by atoms with Crippen LogP contribution < -0.4 is 14.2 Å². The van der Waals surface area contributed by atoms with Gasteiger partial charge in [-0.05, 0) is 66.1 Å². The van der Waals surface area contributed by atoms with Crippen molar-refractivity contribution in [2.24, 2.45) is 0 Å². The van der Waals surface area contributed by atoms with E-state index in [1.165, 1.54) is 41.1 Å². The van der Waals surface area contributed by atoms with Gasteiger partial charge < -0.3 is 19.1 Å². The number of rotatable bonds is 13. The molecule has 256 valence electrons. The summed E-state index contributed by atoms with van der Waals surface area (Å²) in [6.07, 6.45) is 5.48. The Morgan fingerprint density at radius 2 is 1.60 bits per heavy atom. The number of nitrogens with zero attached hydrogens (tertiary/aromatic N) is 3. The summed E-state index contributed by atoms with van der Waals surface area (Å²) in [5.74, 6) is 1.03. The Hall–Kier alpha value is -5.18. The van der Waals surface area contributed by atoms with Gasteiger partial charge in [-0.1, -0.05) is 77.8 Å². The van der Waals surface area contributed by atoms with Crippen molar-refractivity contribution >= 4 is 23.6 Å². The van der Waals surface area contributed by atoms with Crippen molar-refractivity contribution in [3.05, 3.63) is 154 Å². The molecule has 2 heterocycles. The van der Waals surface area contributed by atoms with Crippen LogP contribution >= 0.6 is 11.6 Å². The minimum absolute atomic E-state index is 0.0311. The molecule has 0 spiro atoms. The van der Waals surface area contributed by atoms with E-state index in [2.05, 4.69) is 53.2 Å². The number of aryl methyl sites for hydroxylation is 1. The van der Waals surface area contributed by atoms with Gasteiger partial charge in [-0.2, -0.15) is 0 Å². The fourth-order valence-corrected chi connectivity index (χ4v) is 5.69. The second-order valence-electron chi connectivity index (χ2n) is 12.2. The molecule has 5 aromatic rings. The molecule has 0 N–H and O–H groups in total. The number of benzene rings is 4. The van der Waals surface area contributed by atoms with E-state index in [0.29, 0.717) is 42.6 Å². The van der Waals surface area contributed by atoms with Crippen LogP contribution in [0.3, 0.4) is 0 Å². The highest BCUT2D eigenvalue weighted by Gasteiger charge is 2.20. The number of carbonyl (C=O) groups is 1. The van der Waals surface area contributed by atoms with E-state index in [9.17, 15) is 9.18 Å². The minimum atomic E-state index is -0.558. The molecule has 0 radical (unpaired) electrons. The summed E-state index contributed by atoms with van der Waals surface area (Å²) in [7, 11) is 0. The zero-order valence-electron chi connectivity index (χ0n) is 27.9. The van der Waals surface area contributed by atoms with Crippen LogP contribution in [-0.4, -0.2) is 53.5 Å². The van der Waals surface area contributed by atoms with E-state index in [1.54, 1.807) is 30.3 Å². The quantitative estimate of drug-likeness (QED) is 0.115. The molecule has 1 fully saturated rings. The maximum absolute atomic E-state index is 14.9. The van der Waals surface area contributed by atoms with Gasteiger partial charge in [0.25, 0.3) is 0 Å². The SMILES string of the molecule is Cc1ccc(OCCc2ccc(CN3CCN(C(=O)/C=C/c4ccc(Oc5ccc(OCc6ccccc6Cl)cn5)c(F)c4)CC3)cc2)cc1. The van der Waals surface area contributed by atoms with Crippen LogP contribution in [0.5, 0.6) is 23.1 Å². The second kappa shape index (κ2) is 17.0. The third-order valence-corrected chi connectivity index (χ3v) is 8.81. The summed E-state index contributed by atoms with van der Waals surface area (Å²) in [6, 6.07) is 32.1. The van der Waals surface area contributed by atoms with Gasteiger partial charge in [-0.15, -0.1) is 0 Å². The predicted molar refractivity (Wildman–Crippen MR) is 194 cm³/mol. The summed E-state index contributed by atoms with van der Waals surface area (Å²) in [4.78, 5) is 21.3. The molecule has 1 saturated heterocycles. The Balaban J connectivity index is 0.914. The number of hydrogen-bond acceptors (Lipinski definition) is 6. The summed E-state index contributed by atoms with van der Waals surface area (Å²) in [5.41, 5.74) is 5.12. The summed E-state index contributed by atoms with van der Waals surface area (Å²) >= 11 is 6.18. The Kier molecular flexibility index (Phi) is 11.8. The molecule has 1 aliphatic rings. The highest BCUT2D eigenvalue weighted by Crippen LogP contribution is 2.26. The molecule has 50 heavy (non-hydrogen) atoms. The van der Waals surface area contributed by atoms with Crippen molar-refractivity contribution in [2.45, 2.75) is 26.5 Å². The molecule has 0 aliphatic carbocycles. The van der Waals surface area contributed by atoms with E-state index in [1.807, 2.05) is 35.2 Å². The van der Waals surface area contributed by atoms with Crippen LogP contribution in [0.1, 0.15) is 27.8 Å². The second-order valence-corrected chi connectivity index (χ2v) is 12.6. The zero-order chi connectivity index (χ0) is 34.7. The van der Waals surface area contributed by atoms with Gasteiger partial charge in [-0.3, -0.25) is 9.69 Å². The maximum atomic E-state index is 14.9. The smallest absolute Gasteiger partial charge is 0.246 e. The molecule has 1 aromatic heterocycles. The lowest BCUT2D eigenvalue weighted by atomic mass is 10.1. The summed E-state index contributed by atoms with van der Waals surface area (Å²) in [6.45, 7) is 6.68. The molecule has 6 rings (SSSR count). The molecule has 7 nitrogen and oxygen atoms in total. The topological polar surface area (TPSA) is 64.1 Å². The van der Waals surface area contributed by atoms with Crippen LogP contribution in [0.4, 0.5) is 4.39 Å². The number of ether oxygens (including phenoxy) is 3.